The summed E-state index contributed by atoms with van der Waals surface area (Å²) in [5.74, 6) is 1.85. The number of aromatic nitrogens is 2. The van der Waals surface area contributed by atoms with Gasteiger partial charge in [0.15, 0.2) is 0 Å². The van der Waals surface area contributed by atoms with Crippen LogP contribution in [0.4, 0.5) is 11.8 Å². The molecule has 1 fully saturated rings. The third-order valence-electron chi connectivity index (χ3n) is 3.70. The fraction of sp³-hybridized carbons (Fsp3) is 0.733. The quantitative estimate of drug-likeness (QED) is 0.820. The van der Waals surface area contributed by atoms with E-state index in [1.54, 1.807) is 0 Å². The summed E-state index contributed by atoms with van der Waals surface area (Å²) < 4.78 is 0. The summed E-state index contributed by atoms with van der Waals surface area (Å²) in [6, 6.07) is 2.15. The van der Waals surface area contributed by atoms with E-state index in [0.717, 1.165) is 43.6 Å². The SMILES string of the molecule is CN1CCN(c2cc(C(C)(C)C)nc(N(C)C)n2)CC1. The predicted molar refractivity (Wildman–Crippen MR) is 84.8 cm³/mol. The maximum absolute atomic E-state index is 4.72. The van der Waals surface area contributed by atoms with Crippen molar-refractivity contribution in [2.24, 2.45) is 0 Å². The molecule has 20 heavy (non-hydrogen) atoms. The van der Waals surface area contributed by atoms with Crippen LogP contribution in [0.15, 0.2) is 6.07 Å². The average Bonchev–Trinajstić information content (AvgIpc) is 2.38. The van der Waals surface area contributed by atoms with Gasteiger partial charge in [0.05, 0.1) is 5.69 Å². The largest absolute Gasteiger partial charge is 0.354 e. The highest BCUT2D eigenvalue weighted by Gasteiger charge is 2.22. The zero-order valence-electron chi connectivity index (χ0n) is 13.6. The molecule has 5 nitrogen and oxygen atoms in total. The van der Waals surface area contributed by atoms with Crippen LogP contribution in [-0.4, -0.2) is 62.2 Å². The van der Waals surface area contributed by atoms with E-state index in [0.29, 0.717) is 0 Å². The van der Waals surface area contributed by atoms with Crippen LogP contribution in [0.25, 0.3) is 0 Å². The van der Waals surface area contributed by atoms with Gasteiger partial charge in [0, 0.05) is 51.8 Å². The van der Waals surface area contributed by atoms with Crippen molar-refractivity contribution < 1.29 is 0 Å². The summed E-state index contributed by atoms with van der Waals surface area (Å²) in [6.07, 6.45) is 0. The highest BCUT2D eigenvalue weighted by molar-refractivity contribution is 5.47. The lowest BCUT2D eigenvalue weighted by Gasteiger charge is -2.34. The Kier molecular flexibility index (Phi) is 4.18. The fourth-order valence-corrected chi connectivity index (χ4v) is 2.20. The Hall–Kier alpha value is -1.36. The molecule has 0 N–H and O–H groups in total. The van der Waals surface area contributed by atoms with Gasteiger partial charge < -0.3 is 14.7 Å². The molecule has 0 aliphatic carbocycles. The van der Waals surface area contributed by atoms with Crippen molar-refractivity contribution in [3.63, 3.8) is 0 Å². The normalized spacial score (nSPS) is 17.4. The Labute approximate surface area is 122 Å². The molecule has 0 unspecified atom stereocenters. The number of piperazine rings is 1. The molecule has 0 radical (unpaired) electrons. The van der Waals surface area contributed by atoms with Gasteiger partial charge in [0.2, 0.25) is 5.95 Å². The lowest BCUT2D eigenvalue weighted by atomic mass is 9.92. The van der Waals surface area contributed by atoms with Gasteiger partial charge in [-0.2, -0.15) is 4.98 Å². The number of hydrogen-bond donors (Lipinski definition) is 0. The minimum Gasteiger partial charge on any atom is -0.354 e. The zero-order valence-corrected chi connectivity index (χ0v) is 13.6. The first-order valence-electron chi connectivity index (χ1n) is 7.28. The second-order valence-electron chi connectivity index (χ2n) is 6.85. The molecule has 0 amide bonds. The van der Waals surface area contributed by atoms with Gasteiger partial charge in [-0.3, -0.25) is 0 Å². The highest BCUT2D eigenvalue weighted by atomic mass is 15.3. The van der Waals surface area contributed by atoms with E-state index in [4.69, 9.17) is 9.97 Å². The second kappa shape index (κ2) is 5.56. The van der Waals surface area contributed by atoms with Crippen molar-refractivity contribution in [3.8, 4) is 0 Å². The Morgan fingerprint density at radius 3 is 2.15 bits per heavy atom. The number of nitrogens with zero attached hydrogens (tertiary/aromatic N) is 5. The first-order chi connectivity index (χ1) is 9.27. The second-order valence-corrected chi connectivity index (χ2v) is 6.85. The zero-order chi connectivity index (χ0) is 14.9. The van der Waals surface area contributed by atoms with Gasteiger partial charge in [-0.1, -0.05) is 20.8 Å². The van der Waals surface area contributed by atoms with Crippen molar-refractivity contribution >= 4 is 11.8 Å². The molecule has 0 spiro atoms. The third-order valence-corrected chi connectivity index (χ3v) is 3.70. The summed E-state index contributed by atoms with van der Waals surface area (Å²) in [6.45, 7) is 10.8. The van der Waals surface area contributed by atoms with E-state index in [1.165, 1.54) is 0 Å². The molecule has 2 heterocycles. The molecule has 1 aromatic rings. The van der Waals surface area contributed by atoms with Crippen molar-refractivity contribution in [1.82, 2.24) is 14.9 Å². The van der Waals surface area contributed by atoms with E-state index in [2.05, 4.69) is 43.7 Å². The maximum Gasteiger partial charge on any atom is 0.227 e. The maximum atomic E-state index is 4.72. The standard InChI is InChI=1S/C15H27N5/c1-15(2,3)12-11-13(17-14(16-12)18(4)5)20-9-7-19(6)8-10-20/h11H,7-10H2,1-6H3. The molecule has 2 rings (SSSR count). The van der Waals surface area contributed by atoms with Gasteiger partial charge in [0.25, 0.3) is 0 Å². The van der Waals surface area contributed by atoms with Crippen LogP contribution in [0.3, 0.4) is 0 Å². The van der Waals surface area contributed by atoms with Crippen molar-refractivity contribution in [3.05, 3.63) is 11.8 Å². The molecule has 1 aliphatic heterocycles. The van der Waals surface area contributed by atoms with Crippen molar-refractivity contribution in [2.75, 3.05) is 57.1 Å². The van der Waals surface area contributed by atoms with Crippen LogP contribution in [-0.2, 0) is 5.41 Å². The van der Waals surface area contributed by atoms with Gasteiger partial charge >= 0.3 is 0 Å². The molecule has 112 valence electrons. The van der Waals surface area contributed by atoms with Gasteiger partial charge in [0.1, 0.15) is 5.82 Å². The molecule has 1 saturated heterocycles. The summed E-state index contributed by atoms with van der Waals surface area (Å²) in [5.41, 5.74) is 1.14. The van der Waals surface area contributed by atoms with Crippen LogP contribution in [0.5, 0.6) is 0 Å². The van der Waals surface area contributed by atoms with Crippen LogP contribution in [0.2, 0.25) is 0 Å². The molecule has 0 atom stereocenters. The van der Waals surface area contributed by atoms with Crippen molar-refractivity contribution in [1.29, 1.82) is 0 Å². The molecule has 5 heteroatoms. The minimum absolute atomic E-state index is 0.0367. The molecule has 1 aromatic heterocycles. The predicted octanol–water partition coefficient (Wildman–Crippen LogP) is 1.59. The first kappa shape index (κ1) is 15.0. The summed E-state index contributed by atoms with van der Waals surface area (Å²) >= 11 is 0. The average molecular weight is 277 g/mol. The van der Waals surface area contributed by atoms with Gasteiger partial charge in [-0.25, -0.2) is 4.98 Å². The van der Waals surface area contributed by atoms with Crippen molar-refractivity contribution in [2.45, 2.75) is 26.2 Å². The van der Waals surface area contributed by atoms with Crippen LogP contribution in [0, 0.1) is 0 Å². The molecular formula is C15H27N5. The Morgan fingerprint density at radius 2 is 1.65 bits per heavy atom. The molecule has 0 saturated carbocycles. The molecule has 1 aliphatic rings. The van der Waals surface area contributed by atoms with E-state index in [-0.39, 0.29) is 5.41 Å². The number of hydrogen-bond acceptors (Lipinski definition) is 5. The molecule has 0 bridgehead atoms. The topological polar surface area (TPSA) is 35.5 Å². The van der Waals surface area contributed by atoms with E-state index < -0.39 is 0 Å². The Balaban J connectivity index is 2.34. The molecule has 0 aromatic carbocycles. The minimum atomic E-state index is 0.0367. The van der Waals surface area contributed by atoms with Crippen LogP contribution in [0.1, 0.15) is 26.5 Å². The van der Waals surface area contributed by atoms with Gasteiger partial charge in [-0.15, -0.1) is 0 Å². The van der Waals surface area contributed by atoms with Gasteiger partial charge in [-0.05, 0) is 7.05 Å². The van der Waals surface area contributed by atoms with Crippen LogP contribution < -0.4 is 9.80 Å². The van der Waals surface area contributed by atoms with E-state index in [1.807, 2.05) is 19.0 Å². The Morgan fingerprint density at radius 1 is 1.05 bits per heavy atom. The number of anilines is 2. The summed E-state index contributed by atoms with van der Waals surface area (Å²) in [4.78, 5) is 16.1. The first-order valence-corrected chi connectivity index (χ1v) is 7.28. The number of likely N-dealkylation sites (N-methyl/N-ethyl adjacent to an activating group) is 1. The lowest BCUT2D eigenvalue weighted by Crippen LogP contribution is -2.45. The number of rotatable bonds is 2. The summed E-state index contributed by atoms with van der Waals surface area (Å²) in [7, 11) is 6.16. The Bertz CT molecular complexity index is 456. The van der Waals surface area contributed by atoms with E-state index >= 15 is 0 Å². The fourth-order valence-electron chi connectivity index (χ4n) is 2.20. The van der Waals surface area contributed by atoms with Crippen LogP contribution >= 0.6 is 0 Å². The third kappa shape index (κ3) is 3.39. The molecular weight excluding hydrogens is 250 g/mol. The summed E-state index contributed by atoms with van der Waals surface area (Å²) in [5, 5.41) is 0. The van der Waals surface area contributed by atoms with E-state index in [9.17, 15) is 0 Å². The monoisotopic (exact) mass is 277 g/mol. The highest BCUT2D eigenvalue weighted by Crippen LogP contribution is 2.26. The lowest BCUT2D eigenvalue weighted by molar-refractivity contribution is 0.312. The smallest absolute Gasteiger partial charge is 0.227 e.